The van der Waals surface area contributed by atoms with Crippen LogP contribution in [0.25, 0.3) is 22.2 Å². The second-order valence-corrected chi connectivity index (χ2v) is 11.0. The molecule has 4 bridgehead atoms. The predicted molar refractivity (Wildman–Crippen MR) is 125 cm³/mol. The molecular weight excluding hydrogens is 382 g/mol. The normalized spacial score (nSPS) is 30.5. The van der Waals surface area contributed by atoms with Crippen LogP contribution in [0, 0.1) is 23.2 Å². The van der Waals surface area contributed by atoms with E-state index in [9.17, 15) is 4.79 Å². The Morgan fingerprint density at radius 1 is 1.06 bits per heavy atom. The number of hydrogen-bond donors (Lipinski definition) is 0. The summed E-state index contributed by atoms with van der Waals surface area (Å²) >= 11 is 0. The Bertz CT molecular complexity index is 1100. The first-order valence-electron chi connectivity index (χ1n) is 12.6. The molecule has 4 heteroatoms. The summed E-state index contributed by atoms with van der Waals surface area (Å²) in [7, 11) is 0. The van der Waals surface area contributed by atoms with Gasteiger partial charge in [0, 0.05) is 18.1 Å². The average Bonchev–Trinajstić information content (AvgIpc) is 3.09. The number of aryl methyl sites for hydroxylation is 1. The molecule has 164 valence electrons. The second-order valence-electron chi connectivity index (χ2n) is 11.0. The van der Waals surface area contributed by atoms with Crippen molar-refractivity contribution in [3.05, 3.63) is 40.8 Å². The molecule has 4 fully saturated rings. The van der Waals surface area contributed by atoms with Gasteiger partial charge in [-0.25, -0.2) is 4.68 Å². The van der Waals surface area contributed by atoms with E-state index in [0.29, 0.717) is 0 Å². The highest BCUT2D eigenvalue weighted by Gasteiger charge is 2.54. The molecule has 6 aliphatic rings. The third kappa shape index (κ3) is 3.01. The summed E-state index contributed by atoms with van der Waals surface area (Å²) in [4.78, 5) is 13.7. The molecule has 4 nitrogen and oxygen atoms in total. The van der Waals surface area contributed by atoms with Crippen molar-refractivity contribution < 1.29 is 0 Å². The van der Waals surface area contributed by atoms with Gasteiger partial charge in [0.05, 0.1) is 17.1 Å². The Labute approximate surface area is 185 Å². The number of unbranched alkanes of at least 4 members (excludes halogenated alkanes) is 2. The highest BCUT2D eigenvalue weighted by molar-refractivity contribution is 5.93. The smallest absolute Gasteiger partial charge is 0.278 e. The molecule has 0 radical (unpaired) electrons. The number of nitrogens with zero attached hydrogens (tertiary/aromatic N) is 3. The van der Waals surface area contributed by atoms with Crippen molar-refractivity contribution in [2.75, 3.05) is 0 Å². The van der Waals surface area contributed by atoms with Crippen LogP contribution in [-0.2, 0) is 6.54 Å². The fourth-order valence-corrected chi connectivity index (χ4v) is 7.83. The number of aromatic nitrogens is 3. The highest BCUT2D eigenvalue weighted by Crippen LogP contribution is 2.63. The molecule has 0 N–H and O–H groups in total. The number of rotatable bonds is 6. The Morgan fingerprint density at radius 2 is 1.74 bits per heavy atom. The molecule has 1 unspecified atom stereocenters. The van der Waals surface area contributed by atoms with Crippen molar-refractivity contribution >= 4 is 10.9 Å². The van der Waals surface area contributed by atoms with Crippen molar-refractivity contribution in [1.29, 1.82) is 0 Å². The lowest BCUT2D eigenvalue weighted by Crippen LogP contribution is -2.50. The number of para-hydroxylation sites is 1. The first-order chi connectivity index (χ1) is 15.1. The molecule has 2 aliphatic heterocycles. The van der Waals surface area contributed by atoms with Gasteiger partial charge in [0.25, 0.3) is 5.56 Å². The summed E-state index contributed by atoms with van der Waals surface area (Å²) in [6.45, 7) is 5.48. The van der Waals surface area contributed by atoms with Gasteiger partial charge in [-0.2, -0.15) is 5.10 Å². The summed E-state index contributed by atoms with van der Waals surface area (Å²) in [5.41, 5.74) is 3.28. The number of benzene rings is 1. The van der Waals surface area contributed by atoms with Crippen molar-refractivity contribution in [3.63, 3.8) is 0 Å². The standard InChI is InChI=1S/C27H35N3O/c1-3-4-7-10-29-17-23-25(22-8-5-6-9-24(22)29)28-30(26(23)31)18(2)27-14-19-11-20(15-27)13-21(12-19)16-27/h5-6,8-9,17-21H,3-4,7,10-16H2,1-2H3. The summed E-state index contributed by atoms with van der Waals surface area (Å²) in [6.07, 6.45) is 13.8. The van der Waals surface area contributed by atoms with Crippen LogP contribution in [0.1, 0.15) is 77.7 Å². The molecule has 1 aromatic rings. The largest absolute Gasteiger partial charge is 0.347 e. The molecule has 0 aromatic heterocycles. The minimum absolute atomic E-state index is 0.119. The Morgan fingerprint density at radius 3 is 2.42 bits per heavy atom. The fourth-order valence-electron chi connectivity index (χ4n) is 7.83. The Hall–Kier alpha value is -2.10. The zero-order valence-electron chi connectivity index (χ0n) is 19.0. The van der Waals surface area contributed by atoms with E-state index >= 15 is 0 Å². The highest BCUT2D eigenvalue weighted by atomic mass is 16.1. The summed E-state index contributed by atoms with van der Waals surface area (Å²) in [5, 5.41) is 6.14. The van der Waals surface area contributed by atoms with Gasteiger partial charge in [0.15, 0.2) is 0 Å². The topological polar surface area (TPSA) is 39.8 Å². The van der Waals surface area contributed by atoms with Crippen LogP contribution in [0.4, 0.5) is 0 Å². The molecule has 0 amide bonds. The Kier molecular flexibility index (Phi) is 4.56. The molecule has 0 saturated heterocycles. The molecule has 7 rings (SSSR count). The zero-order valence-corrected chi connectivity index (χ0v) is 19.0. The zero-order chi connectivity index (χ0) is 21.2. The summed E-state index contributed by atoms with van der Waals surface area (Å²) < 4.78 is 4.18. The van der Waals surface area contributed by atoms with Crippen LogP contribution in [0.15, 0.2) is 35.3 Å². The van der Waals surface area contributed by atoms with E-state index in [0.717, 1.165) is 47.4 Å². The van der Waals surface area contributed by atoms with Crippen LogP contribution in [0.5, 0.6) is 0 Å². The maximum atomic E-state index is 13.7. The van der Waals surface area contributed by atoms with E-state index in [2.05, 4.69) is 48.9 Å². The van der Waals surface area contributed by atoms with E-state index in [-0.39, 0.29) is 17.0 Å². The van der Waals surface area contributed by atoms with Crippen molar-refractivity contribution in [1.82, 2.24) is 14.3 Å². The number of hydrogen-bond acceptors (Lipinski definition) is 2. The SMILES string of the molecule is CCCCCn1cc2c(=O)n(C(C)C34CC5CC(CC(C5)C3)C4)nc-2c2ccccc21. The van der Waals surface area contributed by atoms with Crippen LogP contribution in [0.3, 0.4) is 0 Å². The molecule has 4 aliphatic carbocycles. The molecule has 1 aromatic carbocycles. The van der Waals surface area contributed by atoms with Crippen molar-refractivity contribution in [2.45, 2.75) is 84.2 Å². The first kappa shape index (κ1) is 19.6. The second kappa shape index (κ2) is 7.21. The van der Waals surface area contributed by atoms with E-state index in [1.165, 1.54) is 56.9 Å². The van der Waals surface area contributed by atoms with Gasteiger partial charge in [-0.1, -0.05) is 38.0 Å². The van der Waals surface area contributed by atoms with Crippen LogP contribution >= 0.6 is 0 Å². The predicted octanol–water partition coefficient (Wildman–Crippen LogP) is 6.27. The molecule has 2 heterocycles. The lowest BCUT2D eigenvalue weighted by Gasteiger charge is -2.58. The van der Waals surface area contributed by atoms with E-state index < -0.39 is 0 Å². The van der Waals surface area contributed by atoms with Crippen LogP contribution < -0.4 is 5.56 Å². The van der Waals surface area contributed by atoms with Gasteiger partial charge < -0.3 is 4.57 Å². The van der Waals surface area contributed by atoms with Crippen LogP contribution in [0.2, 0.25) is 0 Å². The third-order valence-corrected chi connectivity index (χ3v) is 9.00. The van der Waals surface area contributed by atoms with Gasteiger partial charge in [-0.3, -0.25) is 4.79 Å². The fraction of sp³-hybridized carbons (Fsp3) is 0.630. The molecule has 1 atom stereocenters. The van der Waals surface area contributed by atoms with Gasteiger partial charge in [0.1, 0.15) is 5.69 Å². The maximum Gasteiger partial charge on any atom is 0.278 e. The maximum absolute atomic E-state index is 13.7. The van der Waals surface area contributed by atoms with Gasteiger partial charge >= 0.3 is 0 Å². The van der Waals surface area contributed by atoms with Gasteiger partial charge in [-0.15, -0.1) is 0 Å². The first-order valence-corrected chi connectivity index (χ1v) is 12.6. The lowest BCUT2D eigenvalue weighted by molar-refractivity contribution is -0.0815. The molecule has 0 spiro atoms. The molecule has 4 saturated carbocycles. The van der Waals surface area contributed by atoms with E-state index in [1.807, 2.05) is 4.68 Å². The van der Waals surface area contributed by atoms with Crippen molar-refractivity contribution in [2.24, 2.45) is 23.2 Å². The minimum Gasteiger partial charge on any atom is -0.347 e. The van der Waals surface area contributed by atoms with Gasteiger partial charge in [0.2, 0.25) is 0 Å². The van der Waals surface area contributed by atoms with Crippen LogP contribution in [-0.4, -0.2) is 14.3 Å². The average molecular weight is 418 g/mol. The number of fused-ring (bicyclic) bond motifs is 3. The third-order valence-electron chi connectivity index (χ3n) is 9.00. The lowest BCUT2D eigenvalue weighted by atomic mass is 9.48. The Balaban J connectivity index is 1.45. The van der Waals surface area contributed by atoms with Gasteiger partial charge in [-0.05, 0) is 81.1 Å². The number of pyridine rings is 1. The summed E-state index contributed by atoms with van der Waals surface area (Å²) in [5.74, 6) is 2.65. The molecular formula is C27H35N3O. The van der Waals surface area contributed by atoms with E-state index in [1.54, 1.807) is 0 Å². The molecule has 31 heavy (non-hydrogen) atoms. The minimum atomic E-state index is 0.119. The monoisotopic (exact) mass is 417 g/mol. The quantitative estimate of drug-likeness (QED) is 0.443. The van der Waals surface area contributed by atoms with Crippen molar-refractivity contribution in [3.8, 4) is 11.3 Å². The summed E-state index contributed by atoms with van der Waals surface area (Å²) in [6, 6.07) is 8.67. The van der Waals surface area contributed by atoms with E-state index in [4.69, 9.17) is 5.10 Å².